The lowest BCUT2D eigenvalue weighted by Crippen LogP contribution is -2.31. The molecular formula is C17H23N5O. The highest BCUT2D eigenvalue weighted by Crippen LogP contribution is 2.20. The quantitative estimate of drug-likeness (QED) is 0.855. The lowest BCUT2D eigenvalue weighted by atomic mass is 10.1. The van der Waals surface area contributed by atoms with Crippen LogP contribution in [0.1, 0.15) is 21.6 Å². The minimum atomic E-state index is -0.211. The topological polar surface area (TPSA) is 70.2 Å². The third-order valence-electron chi connectivity index (χ3n) is 3.40. The summed E-state index contributed by atoms with van der Waals surface area (Å²) in [5.74, 6) is 0.404. The van der Waals surface area contributed by atoms with Gasteiger partial charge in [-0.05, 0) is 57.3 Å². The van der Waals surface area contributed by atoms with Gasteiger partial charge in [-0.3, -0.25) is 4.79 Å². The predicted octanol–water partition coefficient (Wildman–Crippen LogP) is 2.13. The zero-order chi connectivity index (χ0) is 16.8. The Morgan fingerprint density at radius 3 is 2.57 bits per heavy atom. The van der Waals surface area contributed by atoms with Crippen LogP contribution in [-0.4, -0.2) is 48.2 Å². The predicted molar refractivity (Wildman–Crippen MR) is 92.1 cm³/mol. The van der Waals surface area contributed by atoms with E-state index in [0.29, 0.717) is 18.1 Å². The molecule has 0 radical (unpaired) electrons. The van der Waals surface area contributed by atoms with Gasteiger partial charge >= 0.3 is 0 Å². The van der Waals surface area contributed by atoms with Crippen molar-refractivity contribution >= 4 is 17.4 Å². The van der Waals surface area contributed by atoms with Gasteiger partial charge in [0, 0.05) is 18.8 Å². The Balaban J connectivity index is 1.99. The number of carbonyl (C=O) groups is 1. The van der Waals surface area contributed by atoms with Gasteiger partial charge in [0.15, 0.2) is 11.5 Å². The first-order chi connectivity index (χ1) is 11.0. The molecule has 122 valence electrons. The Labute approximate surface area is 136 Å². The summed E-state index contributed by atoms with van der Waals surface area (Å²) in [4.78, 5) is 13.9. The Kier molecular flexibility index (Phi) is 5.65. The van der Waals surface area contributed by atoms with Gasteiger partial charge in [-0.15, -0.1) is 10.2 Å². The van der Waals surface area contributed by atoms with Gasteiger partial charge in [0.05, 0.1) is 0 Å². The fourth-order valence-electron chi connectivity index (χ4n) is 2.01. The van der Waals surface area contributed by atoms with Gasteiger partial charge in [0.1, 0.15) is 0 Å². The second-order valence-electron chi connectivity index (χ2n) is 5.81. The number of aromatic nitrogens is 2. The molecule has 0 bridgehead atoms. The van der Waals surface area contributed by atoms with Gasteiger partial charge < -0.3 is 15.5 Å². The molecule has 0 saturated heterocycles. The maximum atomic E-state index is 11.9. The minimum Gasteiger partial charge on any atom is -0.349 e. The van der Waals surface area contributed by atoms with Crippen molar-refractivity contribution in [3.63, 3.8) is 0 Å². The fraction of sp³-hybridized carbons (Fsp3) is 0.353. The highest BCUT2D eigenvalue weighted by atomic mass is 16.1. The molecule has 0 fully saturated rings. The van der Waals surface area contributed by atoms with E-state index < -0.39 is 0 Å². The lowest BCUT2D eigenvalue weighted by molar-refractivity contribution is 0.0945. The monoisotopic (exact) mass is 313 g/mol. The maximum Gasteiger partial charge on any atom is 0.271 e. The number of carbonyl (C=O) groups excluding carboxylic acids is 1. The van der Waals surface area contributed by atoms with Crippen LogP contribution in [0.4, 0.5) is 11.5 Å². The van der Waals surface area contributed by atoms with Crippen LogP contribution in [0, 0.1) is 13.8 Å². The van der Waals surface area contributed by atoms with Crippen molar-refractivity contribution in [2.75, 3.05) is 32.5 Å². The Morgan fingerprint density at radius 2 is 1.91 bits per heavy atom. The van der Waals surface area contributed by atoms with Crippen molar-refractivity contribution in [2.45, 2.75) is 13.8 Å². The Hall–Kier alpha value is -2.47. The summed E-state index contributed by atoms with van der Waals surface area (Å²) in [6, 6.07) is 9.60. The van der Waals surface area contributed by atoms with Crippen molar-refractivity contribution in [2.24, 2.45) is 0 Å². The molecule has 2 rings (SSSR count). The Bertz CT molecular complexity index is 667. The SMILES string of the molecule is Cc1ccc(C)c(Nc2ccc(C(=O)NCCN(C)C)nn2)c1. The summed E-state index contributed by atoms with van der Waals surface area (Å²) < 4.78 is 0. The third kappa shape index (κ3) is 5.03. The van der Waals surface area contributed by atoms with Crippen LogP contribution in [0.3, 0.4) is 0 Å². The molecule has 2 N–H and O–H groups in total. The van der Waals surface area contributed by atoms with Crippen LogP contribution >= 0.6 is 0 Å². The number of anilines is 2. The van der Waals surface area contributed by atoms with E-state index >= 15 is 0 Å². The van der Waals surface area contributed by atoms with Crippen molar-refractivity contribution in [3.05, 3.63) is 47.2 Å². The van der Waals surface area contributed by atoms with Crippen LogP contribution in [0.15, 0.2) is 30.3 Å². The number of nitrogens with one attached hydrogen (secondary N) is 2. The van der Waals surface area contributed by atoms with Crippen molar-refractivity contribution in [1.82, 2.24) is 20.4 Å². The molecular weight excluding hydrogens is 290 g/mol. The van der Waals surface area contributed by atoms with E-state index in [4.69, 9.17) is 0 Å². The summed E-state index contributed by atoms with van der Waals surface area (Å²) in [5.41, 5.74) is 3.60. The first-order valence-corrected chi connectivity index (χ1v) is 7.56. The van der Waals surface area contributed by atoms with Crippen molar-refractivity contribution < 1.29 is 4.79 Å². The first-order valence-electron chi connectivity index (χ1n) is 7.56. The molecule has 1 aromatic carbocycles. The summed E-state index contributed by atoms with van der Waals surface area (Å²) >= 11 is 0. The second kappa shape index (κ2) is 7.69. The highest BCUT2D eigenvalue weighted by Gasteiger charge is 2.08. The molecule has 2 aromatic rings. The number of nitrogens with zero attached hydrogens (tertiary/aromatic N) is 3. The van der Waals surface area contributed by atoms with Crippen LogP contribution < -0.4 is 10.6 Å². The number of aryl methyl sites for hydroxylation is 2. The van der Waals surface area contributed by atoms with Gasteiger partial charge in [-0.2, -0.15) is 0 Å². The summed E-state index contributed by atoms with van der Waals surface area (Å²) in [7, 11) is 3.92. The molecule has 0 atom stereocenters. The van der Waals surface area contributed by atoms with E-state index in [1.165, 1.54) is 5.56 Å². The zero-order valence-corrected chi connectivity index (χ0v) is 14.1. The van der Waals surface area contributed by atoms with Crippen LogP contribution in [0.5, 0.6) is 0 Å². The van der Waals surface area contributed by atoms with E-state index in [9.17, 15) is 4.79 Å². The van der Waals surface area contributed by atoms with E-state index in [0.717, 1.165) is 17.8 Å². The number of rotatable bonds is 6. The van der Waals surface area contributed by atoms with Gasteiger partial charge in [-0.1, -0.05) is 12.1 Å². The number of amides is 1. The second-order valence-corrected chi connectivity index (χ2v) is 5.81. The van der Waals surface area contributed by atoms with Crippen LogP contribution in [-0.2, 0) is 0 Å². The first kappa shape index (κ1) is 16.9. The molecule has 0 spiro atoms. The van der Waals surface area contributed by atoms with Gasteiger partial charge in [-0.25, -0.2) is 0 Å². The molecule has 6 nitrogen and oxygen atoms in total. The molecule has 6 heteroatoms. The zero-order valence-electron chi connectivity index (χ0n) is 14.1. The van der Waals surface area contributed by atoms with Gasteiger partial charge in [0.2, 0.25) is 0 Å². The van der Waals surface area contributed by atoms with Crippen molar-refractivity contribution in [1.29, 1.82) is 0 Å². The summed E-state index contributed by atoms with van der Waals surface area (Å²) in [6.45, 7) is 5.43. The minimum absolute atomic E-state index is 0.211. The van der Waals surface area contributed by atoms with Crippen molar-refractivity contribution in [3.8, 4) is 0 Å². The van der Waals surface area contributed by atoms with Crippen LogP contribution in [0.2, 0.25) is 0 Å². The van der Waals surface area contributed by atoms with E-state index in [2.05, 4.69) is 39.0 Å². The lowest BCUT2D eigenvalue weighted by Gasteiger charge is -2.11. The number of benzene rings is 1. The van der Waals surface area contributed by atoms with Gasteiger partial charge in [0.25, 0.3) is 5.91 Å². The molecule has 1 amide bonds. The number of likely N-dealkylation sites (N-methyl/N-ethyl adjacent to an activating group) is 1. The number of hydrogen-bond donors (Lipinski definition) is 2. The summed E-state index contributed by atoms with van der Waals surface area (Å²) in [6.07, 6.45) is 0. The smallest absolute Gasteiger partial charge is 0.271 e. The highest BCUT2D eigenvalue weighted by molar-refractivity contribution is 5.92. The molecule has 0 aliphatic rings. The molecule has 1 heterocycles. The molecule has 1 aromatic heterocycles. The molecule has 23 heavy (non-hydrogen) atoms. The third-order valence-corrected chi connectivity index (χ3v) is 3.40. The molecule has 0 aliphatic carbocycles. The molecule has 0 unspecified atom stereocenters. The van der Waals surface area contributed by atoms with E-state index in [-0.39, 0.29) is 5.91 Å². The molecule has 0 aliphatic heterocycles. The van der Waals surface area contributed by atoms with E-state index in [1.54, 1.807) is 12.1 Å². The maximum absolute atomic E-state index is 11.9. The standard InChI is InChI=1S/C17H23N5O/c1-12-5-6-13(2)15(11-12)19-16-8-7-14(20-21-16)17(23)18-9-10-22(3)4/h5-8,11H,9-10H2,1-4H3,(H,18,23)(H,19,21). The largest absolute Gasteiger partial charge is 0.349 e. The molecule has 0 saturated carbocycles. The average Bonchev–Trinajstić information content (AvgIpc) is 2.51. The van der Waals surface area contributed by atoms with E-state index in [1.807, 2.05) is 32.8 Å². The fourth-order valence-corrected chi connectivity index (χ4v) is 2.01. The van der Waals surface area contributed by atoms with Crippen LogP contribution in [0.25, 0.3) is 0 Å². The summed E-state index contributed by atoms with van der Waals surface area (Å²) in [5, 5.41) is 14.1. The Morgan fingerprint density at radius 1 is 1.13 bits per heavy atom. The average molecular weight is 313 g/mol. The normalized spacial score (nSPS) is 10.7. The number of hydrogen-bond acceptors (Lipinski definition) is 5.